The van der Waals surface area contributed by atoms with Crippen LogP contribution in [0.2, 0.25) is 0 Å². The Morgan fingerprint density at radius 3 is 2.94 bits per heavy atom. The minimum absolute atomic E-state index is 0.115. The predicted molar refractivity (Wildman–Crippen MR) is 57.4 cm³/mol. The maximum absolute atomic E-state index is 11.6. The Morgan fingerprint density at radius 1 is 1.65 bits per heavy atom. The van der Waals surface area contributed by atoms with Gasteiger partial charge in [0.2, 0.25) is 5.78 Å². The number of hydrogen-bond donors (Lipinski definition) is 0. The highest BCUT2D eigenvalue weighted by Gasteiger charge is 2.22. The average Bonchev–Trinajstić information content (AvgIpc) is 2.88. The van der Waals surface area contributed by atoms with Crippen LogP contribution in [0.25, 0.3) is 0 Å². The highest BCUT2D eigenvalue weighted by atomic mass is 79.9. The number of ketones is 1. The number of carbonyl (C=O) groups is 1. The van der Waals surface area contributed by atoms with Gasteiger partial charge in [0.25, 0.3) is 4.73 Å². The van der Waals surface area contributed by atoms with Crippen molar-refractivity contribution in [2.75, 3.05) is 0 Å². The summed E-state index contributed by atoms with van der Waals surface area (Å²) in [7, 11) is 0. The third kappa shape index (κ3) is 2.38. The summed E-state index contributed by atoms with van der Waals surface area (Å²) in [6, 6.07) is 3.08. The van der Waals surface area contributed by atoms with Crippen LogP contribution in [0.4, 0.5) is 5.95 Å². The minimum atomic E-state index is -0.737. The molecule has 0 bridgehead atoms. The molecule has 2 aromatic rings. The standard InChI is InChI=1S/C8H5BrN4O4/c9-7-10-8(13(15)16)11-12(7)4-5(14)6-2-1-3-17-6/h1-3H,4H2. The van der Waals surface area contributed by atoms with E-state index in [1.807, 2.05) is 0 Å². The fourth-order valence-corrected chi connectivity index (χ4v) is 1.50. The fourth-order valence-electron chi connectivity index (χ4n) is 1.14. The normalized spacial score (nSPS) is 10.4. The largest absolute Gasteiger partial charge is 0.492 e. The summed E-state index contributed by atoms with van der Waals surface area (Å²) in [4.78, 5) is 24.9. The van der Waals surface area contributed by atoms with Gasteiger partial charge in [0.05, 0.1) is 6.26 Å². The fraction of sp³-hybridized carbons (Fsp3) is 0.125. The van der Waals surface area contributed by atoms with Gasteiger partial charge in [-0.2, -0.15) is 4.68 Å². The van der Waals surface area contributed by atoms with E-state index in [-0.39, 0.29) is 22.8 Å². The van der Waals surface area contributed by atoms with Crippen LogP contribution in [0.1, 0.15) is 10.6 Å². The summed E-state index contributed by atoms with van der Waals surface area (Å²) >= 11 is 2.98. The molecule has 0 amide bonds. The van der Waals surface area contributed by atoms with Gasteiger partial charge in [-0.05, 0) is 22.0 Å². The predicted octanol–water partition coefficient (Wildman–Crippen LogP) is 1.42. The second kappa shape index (κ2) is 4.45. The molecule has 0 aliphatic heterocycles. The Hall–Kier alpha value is -2.03. The number of furan rings is 1. The number of carbonyl (C=O) groups excluding carboxylic acids is 1. The summed E-state index contributed by atoms with van der Waals surface area (Å²) < 4.78 is 6.10. The van der Waals surface area contributed by atoms with Crippen LogP contribution in [-0.2, 0) is 6.54 Å². The molecular weight excluding hydrogens is 296 g/mol. The Morgan fingerprint density at radius 2 is 2.41 bits per heavy atom. The molecule has 8 nitrogen and oxygen atoms in total. The van der Waals surface area contributed by atoms with E-state index < -0.39 is 10.9 Å². The first kappa shape index (κ1) is 11.5. The van der Waals surface area contributed by atoms with Crippen molar-refractivity contribution < 1.29 is 14.1 Å². The van der Waals surface area contributed by atoms with Gasteiger partial charge in [-0.3, -0.25) is 4.79 Å². The molecule has 0 spiro atoms. The molecule has 2 rings (SSSR count). The summed E-state index contributed by atoms with van der Waals surface area (Å²) in [5, 5.41) is 14.0. The number of Topliss-reactive ketones (excluding diaryl/α,β-unsaturated/α-hetero) is 1. The quantitative estimate of drug-likeness (QED) is 0.480. The van der Waals surface area contributed by atoms with Crippen molar-refractivity contribution in [2.45, 2.75) is 6.54 Å². The molecule has 0 radical (unpaired) electrons. The molecule has 0 aliphatic rings. The highest BCUT2D eigenvalue weighted by Crippen LogP contribution is 2.13. The molecule has 0 fully saturated rings. The smallest absolute Gasteiger partial charge is 0.461 e. The molecular formula is C8H5BrN4O4. The zero-order valence-corrected chi connectivity index (χ0v) is 9.82. The van der Waals surface area contributed by atoms with Crippen LogP contribution >= 0.6 is 15.9 Å². The number of aromatic nitrogens is 3. The lowest BCUT2D eigenvalue weighted by molar-refractivity contribution is -0.394. The molecule has 9 heteroatoms. The maximum atomic E-state index is 11.6. The van der Waals surface area contributed by atoms with E-state index in [9.17, 15) is 14.9 Å². The van der Waals surface area contributed by atoms with Crippen molar-refractivity contribution in [1.29, 1.82) is 0 Å². The molecule has 0 saturated carbocycles. The second-order valence-electron chi connectivity index (χ2n) is 3.00. The van der Waals surface area contributed by atoms with Crippen LogP contribution < -0.4 is 0 Å². The van der Waals surface area contributed by atoms with Crippen LogP contribution in [0.5, 0.6) is 0 Å². The van der Waals surface area contributed by atoms with E-state index >= 15 is 0 Å². The SMILES string of the molecule is O=C(Cn1nc([N+](=O)[O-])nc1Br)c1ccco1. The van der Waals surface area contributed by atoms with E-state index in [1.165, 1.54) is 12.3 Å². The Bertz CT molecular complexity index is 562. The molecule has 88 valence electrons. The second-order valence-corrected chi connectivity index (χ2v) is 3.71. The first-order valence-electron chi connectivity index (χ1n) is 4.39. The van der Waals surface area contributed by atoms with Gasteiger partial charge in [-0.25, -0.2) is 0 Å². The Kier molecular flexibility index (Phi) is 3.00. The van der Waals surface area contributed by atoms with Gasteiger partial charge in [-0.1, -0.05) is 0 Å². The van der Waals surface area contributed by atoms with Gasteiger partial charge < -0.3 is 14.5 Å². The van der Waals surface area contributed by atoms with Gasteiger partial charge in [0.15, 0.2) is 5.76 Å². The Balaban J connectivity index is 2.19. The Labute approximate surface area is 103 Å². The molecule has 0 aliphatic carbocycles. The van der Waals surface area contributed by atoms with E-state index in [0.717, 1.165) is 4.68 Å². The van der Waals surface area contributed by atoms with Crippen molar-refractivity contribution in [2.24, 2.45) is 0 Å². The molecule has 2 heterocycles. The molecule has 0 saturated heterocycles. The number of nitrogens with zero attached hydrogens (tertiary/aromatic N) is 4. The van der Waals surface area contributed by atoms with Gasteiger partial charge in [0.1, 0.15) is 6.54 Å². The highest BCUT2D eigenvalue weighted by molar-refractivity contribution is 9.10. The number of nitro groups is 1. The topological polar surface area (TPSA) is 104 Å². The lowest BCUT2D eigenvalue weighted by atomic mass is 10.3. The van der Waals surface area contributed by atoms with Crippen LogP contribution in [-0.4, -0.2) is 25.5 Å². The first-order chi connectivity index (χ1) is 8.08. The molecule has 0 aromatic carbocycles. The molecule has 0 N–H and O–H groups in total. The zero-order valence-electron chi connectivity index (χ0n) is 8.24. The van der Waals surface area contributed by atoms with Crippen molar-refractivity contribution in [1.82, 2.24) is 14.8 Å². The van der Waals surface area contributed by atoms with Crippen molar-refractivity contribution in [3.63, 3.8) is 0 Å². The molecule has 0 unspecified atom stereocenters. The van der Waals surface area contributed by atoms with Crippen molar-refractivity contribution >= 4 is 27.7 Å². The minimum Gasteiger partial charge on any atom is -0.461 e. The number of halogens is 1. The summed E-state index contributed by atoms with van der Waals surface area (Å²) in [6.07, 6.45) is 1.37. The average molecular weight is 301 g/mol. The van der Waals surface area contributed by atoms with Gasteiger partial charge in [-0.15, -0.1) is 0 Å². The van der Waals surface area contributed by atoms with E-state index in [0.29, 0.717) is 0 Å². The number of hydrogen-bond acceptors (Lipinski definition) is 6. The molecule has 2 aromatic heterocycles. The van der Waals surface area contributed by atoms with E-state index in [4.69, 9.17) is 4.42 Å². The summed E-state index contributed by atoms with van der Waals surface area (Å²) in [5.74, 6) is -0.755. The van der Waals surface area contributed by atoms with Gasteiger partial charge >= 0.3 is 5.95 Å². The number of rotatable bonds is 4. The van der Waals surface area contributed by atoms with Crippen LogP contribution in [0.15, 0.2) is 27.5 Å². The van der Waals surface area contributed by atoms with Crippen molar-refractivity contribution in [3.05, 3.63) is 39.0 Å². The maximum Gasteiger partial charge on any atom is 0.492 e. The third-order valence-electron chi connectivity index (χ3n) is 1.87. The van der Waals surface area contributed by atoms with E-state index in [1.54, 1.807) is 6.07 Å². The van der Waals surface area contributed by atoms with Crippen LogP contribution in [0.3, 0.4) is 0 Å². The van der Waals surface area contributed by atoms with Gasteiger partial charge in [0, 0.05) is 21.0 Å². The molecule has 17 heavy (non-hydrogen) atoms. The lowest BCUT2D eigenvalue weighted by Crippen LogP contribution is -2.11. The lowest BCUT2D eigenvalue weighted by Gasteiger charge is -1.94. The summed E-state index contributed by atoms with van der Waals surface area (Å²) in [5.41, 5.74) is 0. The first-order valence-corrected chi connectivity index (χ1v) is 5.18. The monoisotopic (exact) mass is 300 g/mol. The third-order valence-corrected chi connectivity index (χ3v) is 2.45. The van der Waals surface area contributed by atoms with E-state index in [2.05, 4.69) is 26.0 Å². The van der Waals surface area contributed by atoms with Crippen LogP contribution in [0, 0.1) is 10.1 Å². The molecule has 0 atom stereocenters. The summed E-state index contributed by atoms with van der Waals surface area (Å²) in [6.45, 7) is -0.186. The zero-order chi connectivity index (χ0) is 12.4. The van der Waals surface area contributed by atoms with Crippen molar-refractivity contribution in [3.8, 4) is 0 Å².